The number of carboxylic acids is 1. The van der Waals surface area contributed by atoms with Crippen molar-refractivity contribution in [2.75, 3.05) is 0 Å². The van der Waals surface area contributed by atoms with Crippen LogP contribution in [0.15, 0.2) is 6.20 Å². The minimum absolute atomic E-state index is 0.0769. The van der Waals surface area contributed by atoms with E-state index in [0.717, 1.165) is 25.7 Å². The Morgan fingerprint density at radius 1 is 1.50 bits per heavy atom. The van der Waals surface area contributed by atoms with Crippen LogP contribution >= 0.6 is 0 Å². The first-order chi connectivity index (χ1) is 8.49. The highest BCUT2D eigenvalue weighted by atomic mass is 16.6. The van der Waals surface area contributed by atoms with Gasteiger partial charge < -0.3 is 5.11 Å². The lowest BCUT2D eigenvalue weighted by atomic mass is 9.87. The molecule has 1 aromatic rings. The molecule has 7 heteroatoms. The summed E-state index contributed by atoms with van der Waals surface area (Å²) in [4.78, 5) is 21.0. The van der Waals surface area contributed by atoms with Crippen molar-refractivity contribution in [1.29, 1.82) is 0 Å². The summed E-state index contributed by atoms with van der Waals surface area (Å²) in [7, 11) is 0. The zero-order chi connectivity index (χ0) is 13.3. The molecule has 1 aliphatic rings. The molecule has 0 amide bonds. The van der Waals surface area contributed by atoms with Crippen molar-refractivity contribution in [3.63, 3.8) is 0 Å². The second-order valence-electron chi connectivity index (χ2n) is 4.82. The molecule has 0 saturated heterocycles. The fraction of sp³-hybridized carbons (Fsp3) is 0.636. The van der Waals surface area contributed by atoms with E-state index >= 15 is 0 Å². The number of rotatable bonds is 3. The van der Waals surface area contributed by atoms with Crippen LogP contribution in [0.3, 0.4) is 0 Å². The molecule has 1 N–H and O–H groups in total. The first-order valence-corrected chi connectivity index (χ1v) is 5.96. The van der Waals surface area contributed by atoms with Crippen LogP contribution in [0.4, 0.5) is 5.69 Å². The first kappa shape index (κ1) is 12.5. The van der Waals surface area contributed by atoms with Gasteiger partial charge >= 0.3 is 11.7 Å². The van der Waals surface area contributed by atoms with Crippen molar-refractivity contribution in [2.24, 2.45) is 5.92 Å². The highest BCUT2D eigenvalue weighted by molar-refractivity contribution is 5.89. The van der Waals surface area contributed by atoms with Gasteiger partial charge in [0.2, 0.25) is 5.69 Å². The number of aromatic carboxylic acids is 1. The van der Waals surface area contributed by atoms with Gasteiger partial charge in [-0.3, -0.25) is 14.8 Å². The third-order valence-corrected chi connectivity index (χ3v) is 3.47. The molecule has 1 aromatic heterocycles. The van der Waals surface area contributed by atoms with Gasteiger partial charge in [-0.1, -0.05) is 6.92 Å². The number of aromatic nitrogens is 2. The van der Waals surface area contributed by atoms with Gasteiger partial charge in [-0.2, -0.15) is 5.10 Å². The van der Waals surface area contributed by atoms with Crippen LogP contribution in [0.5, 0.6) is 0 Å². The Kier molecular flexibility index (Phi) is 3.31. The molecule has 98 valence electrons. The maximum absolute atomic E-state index is 10.9. The lowest BCUT2D eigenvalue weighted by molar-refractivity contribution is -0.385. The molecule has 0 aliphatic heterocycles. The van der Waals surface area contributed by atoms with Crippen molar-refractivity contribution in [1.82, 2.24) is 9.78 Å². The average Bonchev–Trinajstić information content (AvgIpc) is 2.75. The number of hydrogen-bond donors (Lipinski definition) is 1. The highest BCUT2D eigenvalue weighted by Crippen LogP contribution is 2.32. The molecule has 18 heavy (non-hydrogen) atoms. The van der Waals surface area contributed by atoms with Gasteiger partial charge in [0.1, 0.15) is 6.20 Å². The van der Waals surface area contributed by atoms with E-state index in [9.17, 15) is 14.9 Å². The van der Waals surface area contributed by atoms with Crippen LogP contribution in [0, 0.1) is 16.0 Å². The van der Waals surface area contributed by atoms with Gasteiger partial charge in [-0.25, -0.2) is 4.79 Å². The molecule has 7 nitrogen and oxygen atoms in total. The Morgan fingerprint density at radius 3 is 2.56 bits per heavy atom. The molecule has 2 rings (SSSR count). The van der Waals surface area contributed by atoms with Crippen LogP contribution in [0.25, 0.3) is 0 Å². The topological polar surface area (TPSA) is 98.3 Å². The summed E-state index contributed by atoms with van der Waals surface area (Å²) >= 11 is 0. The van der Waals surface area contributed by atoms with Gasteiger partial charge in [0.05, 0.1) is 11.0 Å². The van der Waals surface area contributed by atoms with Crippen molar-refractivity contribution in [2.45, 2.75) is 38.6 Å². The fourth-order valence-electron chi connectivity index (χ4n) is 2.36. The quantitative estimate of drug-likeness (QED) is 0.657. The molecular weight excluding hydrogens is 238 g/mol. The summed E-state index contributed by atoms with van der Waals surface area (Å²) in [5.41, 5.74) is -0.903. The summed E-state index contributed by atoms with van der Waals surface area (Å²) in [6.07, 6.45) is 5.10. The van der Waals surface area contributed by atoms with Gasteiger partial charge in [-0.15, -0.1) is 0 Å². The standard InChI is InChI=1S/C11H15N3O4/c1-7-2-4-8(5-3-7)13-6-9(14(17)18)10(12-13)11(15)16/h6-8H,2-5H2,1H3,(H,15,16). The van der Waals surface area contributed by atoms with Gasteiger partial charge in [0.25, 0.3) is 0 Å². The Morgan fingerprint density at radius 2 is 2.11 bits per heavy atom. The maximum atomic E-state index is 10.9. The molecule has 0 radical (unpaired) electrons. The van der Waals surface area contributed by atoms with E-state index in [4.69, 9.17) is 5.11 Å². The molecule has 0 atom stereocenters. The third-order valence-electron chi connectivity index (χ3n) is 3.47. The minimum Gasteiger partial charge on any atom is -0.476 e. The Labute approximate surface area is 104 Å². The van der Waals surface area contributed by atoms with Crippen LogP contribution < -0.4 is 0 Å². The van der Waals surface area contributed by atoms with E-state index < -0.39 is 22.3 Å². The fourth-order valence-corrected chi connectivity index (χ4v) is 2.36. The van der Waals surface area contributed by atoms with Crippen molar-refractivity contribution >= 4 is 11.7 Å². The Bertz CT molecular complexity index is 443. The van der Waals surface area contributed by atoms with Crippen molar-refractivity contribution in [3.05, 3.63) is 22.0 Å². The monoisotopic (exact) mass is 253 g/mol. The van der Waals surface area contributed by atoms with Gasteiger partial charge in [-0.05, 0) is 31.6 Å². The number of carbonyl (C=O) groups is 1. The largest absolute Gasteiger partial charge is 0.476 e. The summed E-state index contributed by atoms with van der Waals surface area (Å²) in [5, 5.41) is 23.5. The normalized spacial score (nSPS) is 23.8. The molecule has 1 saturated carbocycles. The van der Waals surface area contributed by atoms with Crippen LogP contribution in [0.2, 0.25) is 0 Å². The van der Waals surface area contributed by atoms with E-state index in [1.807, 2.05) is 0 Å². The number of nitrogens with zero attached hydrogens (tertiary/aromatic N) is 3. The highest BCUT2D eigenvalue weighted by Gasteiger charge is 2.28. The average molecular weight is 253 g/mol. The summed E-state index contributed by atoms with van der Waals surface area (Å²) in [6, 6.07) is 0.0769. The van der Waals surface area contributed by atoms with E-state index in [-0.39, 0.29) is 6.04 Å². The van der Waals surface area contributed by atoms with Crippen LogP contribution in [0.1, 0.15) is 49.1 Å². The van der Waals surface area contributed by atoms with E-state index in [1.165, 1.54) is 10.9 Å². The lowest BCUT2D eigenvalue weighted by Gasteiger charge is -2.25. The van der Waals surface area contributed by atoms with Gasteiger partial charge in [0, 0.05) is 0 Å². The predicted octanol–water partition coefficient (Wildman–Crippen LogP) is 2.24. The number of nitro groups is 1. The van der Waals surface area contributed by atoms with Crippen LogP contribution in [-0.2, 0) is 0 Å². The first-order valence-electron chi connectivity index (χ1n) is 5.96. The Balaban J connectivity index is 2.26. The van der Waals surface area contributed by atoms with Crippen LogP contribution in [-0.4, -0.2) is 25.8 Å². The molecule has 0 spiro atoms. The number of hydrogen-bond acceptors (Lipinski definition) is 4. The van der Waals surface area contributed by atoms with Gasteiger partial charge in [0.15, 0.2) is 0 Å². The van der Waals surface area contributed by atoms with Crippen molar-refractivity contribution in [3.8, 4) is 0 Å². The minimum atomic E-state index is -1.36. The second-order valence-corrected chi connectivity index (χ2v) is 4.82. The molecule has 1 heterocycles. The number of carboxylic acid groups (broad SMARTS) is 1. The molecule has 1 aliphatic carbocycles. The SMILES string of the molecule is CC1CCC(n2cc([N+](=O)[O-])c(C(=O)O)n2)CC1. The zero-order valence-electron chi connectivity index (χ0n) is 10.1. The Hall–Kier alpha value is -1.92. The molecule has 0 bridgehead atoms. The van der Waals surface area contributed by atoms with E-state index in [0.29, 0.717) is 5.92 Å². The van der Waals surface area contributed by atoms with E-state index in [2.05, 4.69) is 12.0 Å². The summed E-state index contributed by atoms with van der Waals surface area (Å²) < 4.78 is 1.45. The molecule has 1 fully saturated rings. The second kappa shape index (κ2) is 4.75. The third kappa shape index (κ3) is 2.34. The lowest BCUT2D eigenvalue weighted by Crippen LogP contribution is -2.17. The van der Waals surface area contributed by atoms with E-state index in [1.54, 1.807) is 0 Å². The smallest absolute Gasteiger partial charge is 0.363 e. The van der Waals surface area contributed by atoms with Crippen molar-refractivity contribution < 1.29 is 14.8 Å². The molecule has 0 aromatic carbocycles. The predicted molar refractivity (Wildman–Crippen MR) is 62.5 cm³/mol. The molecular formula is C11H15N3O4. The molecule has 0 unspecified atom stereocenters. The summed E-state index contributed by atoms with van der Waals surface area (Å²) in [6.45, 7) is 2.17. The maximum Gasteiger partial charge on any atom is 0.363 e. The summed E-state index contributed by atoms with van der Waals surface area (Å²) in [5.74, 6) is -0.699. The zero-order valence-corrected chi connectivity index (χ0v) is 10.1.